The lowest BCUT2D eigenvalue weighted by Crippen LogP contribution is -2.14. The summed E-state index contributed by atoms with van der Waals surface area (Å²) < 4.78 is 10.6. The first-order chi connectivity index (χ1) is 15.0. The fourth-order valence-electron chi connectivity index (χ4n) is 3.22. The van der Waals surface area contributed by atoms with Crippen LogP contribution in [0.5, 0.6) is 5.75 Å². The number of benzene rings is 3. The number of amides is 1. The third kappa shape index (κ3) is 4.02. The molecule has 0 saturated carbocycles. The summed E-state index contributed by atoms with van der Waals surface area (Å²) in [5.74, 6) is -1.28. The Balaban J connectivity index is 1.69. The predicted octanol–water partition coefficient (Wildman–Crippen LogP) is 4.42. The number of para-hydroxylation sites is 1. The topological polar surface area (TPSA) is 106 Å². The van der Waals surface area contributed by atoms with E-state index in [1.807, 2.05) is 12.1 Å². The molecule has 7 heteroatoms. The van der Waals surface area contributed by atoms with Crippen molar-refractivity contribution in [1.82, 2.24) is 0 Å². The van der Waals surface area contributed by atoms with Gasteiger partial charge >= 0.3 is 11.6 Å². The summed E-state index contributed by atoms with van der Waals surface area (Å²) in [7, 11) is 1.42. The van der Waals surface area contributed by atoms with Crippen molar-refractivity contribution in [2.24, 2.45) is 0 Å². The van der Waals surface area contributed by atoms with Gasteiger partial charge < -0.3 is 19.6 Å². The molecule has 0 radical (unpaired) electrons. The molecule has 0 atom stereocenters. The van der Waals surface area contributed by atoms with Crippen molar-refractivity contribution < 1.29 is 23.8 Å². The number of nitrogens with one attached hydrogen (secondary N) is 1. The van der Waals surface area contributed by atoms with Crippen LogP contribution in [0.25, 0.3) is 22.1 Å². The standard InChI is InChI=1S/C24H17NO6/c1-30-21-10-9-17(23(27)28)13-19(21)25-22(26)16-7-4-6-14(11-16)18-12-15-5-2-3-8-20(15)31-24(18)29/h2-13H,1H3,(H,25,26)(H,27,28). The SMILES string of the molecule is COc1ccc(C(=O)O)cc1NC(=O)c1cccc(-c2cc3ccccc3oc2=O)c1. The smallest absolute Gasteiger partial charge is 0.344 e. The maximum absolute atomic E-state index is 12.8. The molecule has 4 rings (SSSR count). The molecule has 1 heterocycles. The zero-order valence-electron chi connectivity index (χ0n) is 16.4. The lowest BCUT2D eigenvalue weighted by Gasteiger charge is -2.11. The molecular formula is C24H17NO6. The van der Waals surface area contributed by atoms with Crippen LogP contribution < -0.4 is 15.7 Å². The number of hydrogen-bond acceptors (Lipinski definition) is 5. The van der Waals surface area contributed by atoms with Crippen molar-refractivity contribution in [1.29, 1.82) is 0 Å². The highest BCUT2D eigenvalue weighted by atomic mass is 16.5. The van der Waals surface area contributed by atoms with Crippen molar-refractivity contribution in [3.63, 3.8) is 0 Å². The quantitative estimate of drug-likeness (QED) is 0.468. The molecule has 1 aromatic heterocycles. The van der Waals surface area contributed by atoms with E-state index in [1.54, 1.807) is 42.5 Å². The molecular weight excluding hydrogens is 398 g/mol. The molecule has 7 nitrogen and oxygen atoms in total. The van der Waals surface area contributed by atoms with E-state index in [2.05, 4.69) is 5.32 Å². The first-order valence-electron chi connectivity index (χ1n) is 9.32. The number of fused-ring (bicyclic) bond motifs is 1. The molecule has 0 fully saturated rings. The fraction of sp³-hybridized carbons (Fsp3) is 0.0417. The molecule has 0 spiro atoms. The van der Waals surface area contributed by atoms with Gasteiger partial charge in [-0.3, -0.25) is 4.79 Å². The van der Waals surface area contributed by atoms with Crippen LogP contribution >= 0.6 is 0 Å². The summed E-state index contributed by atoms with van der Waals surface area (Å²) in [6.07, 6.45) is 0. The Morgan fingerprint density at radius 1 is 0.935 bits per heavy atom. The summed E-state index contributed by atoms with van der Waals surface area (Å²) in [6.45, 7) is 0. The van der Waals surface area contributed by atoms with Crippen LogP contribution in [-0.4, -0.2) is 24.1 Å². The van der Waals surface area contributed by atoms with Gasteiger partial charge in [0.25, 0.3) is 5.91 Å². The monoisotopic (exact) mass is 415 g/mol. The van der Waals surface area contributed by atoms with Gasteiger partial charge in [0.05, 0.1) is 23.9 Å². The average molecular weight is 415 g/mol. The zero-order valence-corrected chi connectivity index (χ0v) is 16.4. The molecule has 0 bridgehead atoms. The van der Waals surface area contributed by atoms with Crippen LogP contribution in [0.3, 0.4) is 0 Å². The number of aromatic carboxylic acids is 1. The number of carboxylic acid groups (broad SMARTS) is 1. The van der Waals surface area contributed by atoms with E-state index in [4.69, 9.17) is 9.15 Å². The Hall–Kier alpha value is -4.39. The summed E-state index contributed by atoms with van der Waals surface area (Å²) in [6, 6.07) is 19.6. The highest BCUT2D eigenvalue weighted by molar-refractivity contribution is 6.06. The molecule has 2 N–H and O–H groups in total. The summed E-state index contributed by atoms with van der Waals surface area (Å²) in [5, 5.41) is 12.6. The number of ether oxygens (including phenoxy) is 1. The van der Waals surface area contributed by atoms with Crippen LogP contribution in [0.1, 0.15) is 20.7 Å². The van der Waals surface area contributed by atoms with E-state index in [9.17, 15) is 19.5 Å². The third-order valence-electron chi connectivity index (χ3n) is 4.77. The maximum atomic E-state index is 12.8. The third-order valence-corrected chi connectivity index (χ3v) is 4.77. The Morgan fingerprint density at radius 2 is 1.74 bits per heavy atom. The molecule has 0 aliphatic carbocycles. The van der Waals surface area contributed by atoms with E-state index in [-0.39, 0.29) is 16.8 Å². The first kappa shape index (κ1) is 19.9. The maximum Gasteiger partial charge on any atom is 0.344 e. The number of hydrogen-bond donors (Lipinski definition) is 2. The number of methoxy groups -OCH3 is 1. The minimum Gasteiger partial charge on any atom is -0.495 e. The van der Waals surface area contributed by atoms with Gasteiger partial charge in [0.15, 0.2) is 0 Å². The first-order valence-corrected chi connectivity index (χ1v) is 9.32. The molecule has 4 aromatic rings. The van der Waals surface area contributed by atoms with Crippen LogP contribution in [0.4, 0.5) is 5.69 Å². The van der Waals surface area contributed by atoms with Gasteiger partial charge in [0.1, 0.15) is 11.3 Å². The molecule has 0 aliphatic rings. The van der Waals surface area contributed by atoms with Crippen LogP contribution in [0.2, 0.25) is 0 Å². The summed E-state index contributed by atoms with van der Waals surface area (Å²) in [5.41, 5.74) is 1.36. The molecule has 0 saturated heterocycles. The van der Waals surface area contributed by atoms with Gasteiger partial charge in [0, 0.05) is 10.9 Å². The summed E-state index contributed by atoms with van der Waals surface area (Å²) >= 11 is 0. The molecule has 3 aromatic carbocycles. The van der Waals surface area contributed by atoms with Crippen molar-refractivity contribution in [2.75, 3.05) is 12.4 Å². The lowest BCUT2D eigenvalue weighted by atomic mass is 10.0. The van der Waals surface area contributed by atoms with Crippen molar-refractivity contribution in [2.45, 2.75) is 0 Å². The Kier molecular flexibility index (Phi) is 5.24. The van der Waals surface area contributed by atoms with Crippen LogP contribution in [-0.2, 0) is 0 Å². The number of carbonyl (C=O) groups excluding carboxylic acids is 1. The Labute approximate surface area is 176 Å². The molecule has 154 valence electrons. The van der Waals surface area contributed by atoms with Crippen molar-refractivity contribution in [3.8, 4) is 16.9 Å². The molecule has 31 heavy (non-hydrogen) atoms. The number of rotatable bonds is 5. The molecule has 1 amide bonds. The minimum atomic E-state index is -1.12. The van der Waals surface area contributed by atoms with Gasteiger partial charge in [0.2, 0.25) is 0 Å². The van der Waals surface area contributed by atoms with Crippen molar-refractivity contribution >= 4 is 28.5 Å². The lowest BCUT2D eigenvalue weighted by molar-refractivity contribution is 0.0696. The highest BCUT2D eigenvalue weighted by Gasteiger charge is 2.15. The van der Waals surface area contributed by atoms with Gasteiger partial charge in [-0.05, 0) is 48.0 Å². The molecule has 0 aliphatic heterocycles. The average Bonchev–Trinajstić information content (AvgIpc) is 2.78. The molecule has 0 unspecified atom stereocenters. The van der Waals surface area contributed by atoms with Crippen LogP contribution in [0, 0.1) is 0 Å². The Bertz CT molecular complexity index is 1370. The van der Waals surface area contributed by atoms with E-state index in [1.165, 1.54) is 25.3 Å². The number of carbonyl (C=O) groups is 2. The minimum absolute atomic E-state index is 0.0126. The second kappa shape index (κ2) is 8.16. The van der Waals surface area contributed by atoms with E-state index in [0.29, 0.717) is 22.5 Å². The second-order valence-electron chi connectivity index (χ2n) is 6.74. The number of anilines is 1. The normalized spacial score (nSPS) is 10.6. The highest BCUT2D eigenvalue weighted by Crippen LogP contribution is 2.27. The van der Waals surface area contributed by atoms with Gasteiger partial charge in [-0.2, -0.15) is 0 Å². The predicted molar refractivity (Wildman–Crippen MR) is 116 cm³/mol. The largest absolute Gasteiger partial charge is 0.495 e. The second-order valence-corrected chi connectivity index (χ2v) is 6.74. The van der Waals surface area contributed by atoms with Gasteiger partial charge in [-0.1, -0.05) is 30.3 Å². The van der Waals surface area contributed by atoms with Gasteiger partial charge in [-0.15, -0.1) is 0 Å². The van der Waals surface area contributed by atoms with Crippen LogP contribution in [0.15, 0.2) is 82.0 Å². The van der Waals surface area contributed by atoms with E-state index in [0.717, 1.165) is 5.39 Å². The fourth-order valence-corrected chi connectivity index (χ4v) is 3.22. The van der Waals surface area contributed by atoms with Crippen molar-refractivity contribution in [3.05, 3.63) is 94.3 Å². The van der Waals surface area contributed by atoms with E-state index < -0.39 is 17.5 Å². The van der Waals surface area contributed by atoms with Gasteiger partial charge in [-0.25, -0.2) is 9.59 Å². The number of carboxylic acids is 1. The summed E-state index contributed by atoms with van der Waals surface area (Å²) in [4.78, 5) is 36.5. The Morgan fingerprint density at radius 3 is 2.52 bits per heavy atom. The van der Waals surface area contributed by atoms with E-state index >= 15 is 0 Å². The zero-order chi connectivity index (χ0) is 22.0.